The fraction of sp³-hybridized carbons (Fsp3) is 0.312. The molecule has 0 aliphatic carbocycles. The number of imidazole rings is 1. The summed E-state index contributed by atoms with van der Waals surface area (Å²) in [6.45, 7) is 3.69. The predicted octanol–water partition coefficient (Wildman–Crippen LogP) is 2.25. The quantitative estimate of drug-likeness (QED) is 0.802. The molecule has 3 aromatic heterocycles. The van der Waals surface area contributed by atoms with Gasteiger partial charge in [-0.2, -0.15) is 0 Å². The standard InChI is InChI=1S/C16H17N5O/c1-11-7-14(22-20-11)16-15-13(18-10-19-15)4-6-21(16)9-12-3-2-5-17-8-12/h2-3,5,7-8,10,16H,4,6,9H2,1H3,(H,18,19)/t16-/m0/s1. The van der Waals surface area contributed by atoms with Gasteiger partial charge in [0.25, 0.3) is 0 Å². The molecular weight excluding hydrogens is 278 g/mol. The number of hydrogen-bond acceptors (Lipinski definition) is 5. The molecule has 0 saturated carbocycles. The summed E-state index contributed by atoms with van der Waals surface area (Å²) in [6.07, 6.45) is 6.42. The molecule has 0 amide bonds. The van der Waals surface area contributed by atoms with Crippen LogP contribution in [0.2, 0.25) is 0 Å². The van der Waals surface area contributed by atoms with Crippen molar-refractivity contribution in [1.82, 2.24) is 25.0 Å². The monoisotopic (exact) mass is 295 g/mol. The number of pyridine rings is 1. The molecule has 3 aromatic rings. The van der Waals surface area contributed by atoms with Gasteiger partial charge >= 0.3 is 0 Å². The van der Waals surface area contributed by atoms with Crippen molar-refractivity contribution in [1.29, 1.82) is 0 Å². The van der Waals surface area contributed by atoms with Crippen molar-refractivity contribution < 1.29 is 4.52 Å². The lowest BCUT2D eigenvalue weighted by molar-refractivity contribution is 0.170. The normalized spacial score (nSPS) is 18.3. The van der Waals surface area contributed by atoms with E-state index < -0.39 is 0 Å². The molecule has 4 rings (SSSR count). The van der Waals surface area contributed by atoms with Gasteiger partial charge in [0.2, 0.25) is 0 Å². The molecule has 0 aromatic carbocycles. The maximum Gasteiger partial charge on any atom is 0.160 e. The van der Waals surface area contributed by atoms with Gasteiger partial charge in [-0.15, -0.1) is 0 Å². The van der Waals surface area contributed by atoms with Crippen molar-refractivity contribution >= 4 is 0 Å². The number of fused-ring (bicyclic) bond motifs is 1. The summed E-state index contributed by atoms with van der Waals surface area (Å²) in [5.41, 5.74) is 4.29. The molecule has 1 N–H and O–H groups in total. The first kappa shape index (κ1) is 13.2. The molecule has 0 fully saturated rings. The molecule has 1 aliphatic rings. The Bertz CT molecular complexity index is 764. The van der Waals surface area contributed by atoms with E-state index in [-0.39, 0.29) is 6.04 Å². The SMILES string of the molecule is Cc1cc([C@H]2c3nc[nH]c3CCN2Cc2cccnc2)on1. The molecular formula is C16H17N5O. The third-order valence-electron chi connectivity index (χ3n) is 4.05. The summed E-state index contributed by atoms with van der Waals surface area (Å²) < 4.78 is 5.54. The van der Waals surface area contributed by atoms with Crippen LogP contribution in [0.3, 0.4) is 0 Å². The fourth-order valence-electron chi connectivity index (χ4n) is 3.05. The molecule has 0 radical (unpaired) electrons. The first-order valence-corrected chi connectivity index (χ1v) is 7.39. The fourth-order valence-corrected chi connectivity index (χ4v) is 3.05. The molecule has 0 spiro atoms. The Morgan fingerprint density at radius 3 is 3.18 bits per heavy atom. The third kappa shape index (κ3) is 2.31. The first-order chi connectivity index (χ1) is 10.8. The Morgan fingerprint density at radius 2 is 2.41 bits per heavy atom. The van der Waals surface area contributed by atoms with E-state index in [0.717, 1.165) is 36.7 Å². The summed E-state index contributed by atoms with van der Waals surface area (Å²) in [5.74, 6) is 0.842. The average molecular weight is 295 g/mol. The molecule has 6 nitrogen and oxygen atoms in total. The van der Waals surface area contributed by atoms with E-state index in [2.05, 4.69) is 31.1 Å². The predicted molar refractivity (Wildman–Crippen MR) is 80.0 cm³/mol. The lowest BCUT2D eigenvalue weighted by Crippen LogP contribution is -2.35. The molecule has 1 aliphatic heterocycles. The van der Waals surface area contributed by atoms with Crippen LogP contribution in [0.1, 0.15) is 34.4 Å². The van der Waals surface area contributed by atoms with Crippen molar-refractivity contribution in [2.75, 3.05) is 6.54 Å². The van der Waals surface area contributed by atoms with E-state index in [0.29, 0.717) is 0 Å². The lowest BCUT2D eigenvalue weighted by atomic mass is 9.99. The van der Waals surface area contributed by atoms with Crippen molar-refractivity contribution in [2.45, 2.75) is 25.9 Å². The van der Waals surface area contributed by atoms with Crippen LogP contribution in [0, 0.1) is 6.92 Å². The smallest absolute Gasteiger partial charge is 0.160 e. The van der Waals surface area contributed by atoms with Crippen LogP contribution in [-0.2, 0) is 13.0 Å². The van der Waals surface area contributed by atoms with Crippen molar-refractivity contribution in [3.8, 4) is 0 Å². The van der Waals surface area contributed by atoms with Crippen LogP contribution in [-0.4, -0.2) is 31.6 Å². The van der Waals surface area contributed by atoms with Crippen LogP contribution < -0.4 is 0 Å². The highest BCUT2D eigenvalue weighted by Crippen LogP contribution is 2.34. The summed E-state index contributed by atoms with van der Waals surface area (Å²) >= 11 is 0. The molecule has 4 heterocycles. The number of aromatic amines is 1. The van der Waals surface area contributed by atoms with Crippen LogP contribution >= 0.6 is 0 Å². The Morgan fingerprint density at radius 1 is 1.45 bits per heavy atom. The van der Waals surface area contributed by atoms with Gasteiger partial charge in [0.1, 0.15) is 6.04 Å². The zero-order valence-electron chi connectivity index (χ0n) is 12.4. The number of hydrogen-bond donors (Lipinski definition) is 1. The van der Waals surface area contributed by atoms with Crippen molar-refractivity contribution in [2.24, 2.45) is 0 Å². The Balaban J connectivity index is 1.71. The van der Waals surface area contributed by atoms with Gasteiger partial charge in [-0.1, -0.05) is 11.2 Å². The molecule has 1 atom stereocenters. The molecule has 6 heteroatoms. The molecule has 0 saturated heterocycles. The van der Waals surface area contributed by atoms with E-state index in [1.807, 2.05) is 25.3 Å². The molecule has 0 bridgehead atoms. The summed E-state index contributed by atoms with van der Waals surface area (Å²) in [5, 5.41) is 4.04. The maximum absolute atomic E-state index is 5.54. The second kappa shape index (κ2) is 5.38. The number of aromatic nitrogens is 4. The zero-order valence-corrected chi connectivity index (χ0v) is 12.4. The Labute approximate surface area is 128 Å². The minimum atomic E-state index is -0.00333. The van der Waals surface area contributed by atoms with Crippen LogP contribution in [0.4, 0.5) is 0 Å². The minimum Gasteiger partial charge on any atom is -0.359 e. The molecule has 22 heavy (non-hydrogen) atoms. The van der Waals surface area contributed by atoms with Gasteiger partial charge in [0.15, 0.2) is 5.76 Å². The Hall–Kier alpha value is -2.47. The lowest BCUT2D eigenvalue weighted by Gasteiger charge is -2.33. The van der Waals surface area contributed by atoms with Gasteiger partial charge < -0.3 is 9.51 Å². The van der Waals surface area contributed by atoms with Crippen LogP contribution in [0.15, 0.2) is 41.4 Å². The van der Waals surface area contributed by atoms with Gasteiger partial charge in [-0.3, -0.25) is 9.88 Å². The minimum absolute atomic E-state index is 0.00333. The van der Waals surface area contributed by atoms with Gasteiger partial charge in [-0.25, -0.2) is 4.98 Å². The maximum atomic E-state index is 5.54. The highest BCUT2D eigenvalue weighted by molar-refractivity contribution is 5.28. The van der Waals surface area contributed by atoms with E-state index >= 15 is 0 Å². The largest absolute Gasteiger partial charge is 0.359 e. The number of rotatable bonds is 3. The summed E-state index contributed by atoms with van der Waals surface area (Å²) in [7, 11) is 0. The third-order valence-corrected chi connectivity index (χ3v) is 4.05. The van der Waals surface area contributed by atoms with Crippen molar-refractivity contribution in [3.63, 3.8) is 0 Å². The van der Waals surface area contributed by atoms with Crippen LogP contribution in [0.25, 0.3) is 0 Å². The zero-order chi connectivity index (χ0) is 14.9. The second-order valence-electron chi connectivity index (χ2n) is 5.62. The van der Waals surface area contributed by atoms with Crippen LogP contribution in [0.5, 0.6) is 0 Å². The summed E-state index contributed by atoms with van der Waals surface area (Å²) in [4.78, 5) is 14.3. The summed E-state index contributed by atoms with van der Waals surface area (Å²) in [6, 6.07) is 6.05. The van der Waals surface area contributed by atoms with Gasteiger partial charge in [0, 0.05) is 43.7 Å². The van der Waals surface area contributed by atoms with E-state index in [1.165, 1.54) is 11.3 Å². The number of nitrogens with zero attached hydrogens (tertiary/aromatic N) is 4. The molecule has 112 valence electrons. The number of nitrogens with one attached hydrogen (secondary N) is 1. The average Bonchev–Trinajstić information content (AvgIpc) is 3.17. The second-order valence-corrected chi connectivity index (χ2v) is 5.62. The van der Waals surface area contributed by atoms with E-state index in [1.54, 1.807) is 12.5 Å². The molecule has 0 unspecified atom stereocenters. The number of aryl methyl sites for hydroxylation is 1. The Kier molecular flexibility index (Phi) is 3.23. The highest BCUT2D eigenvalue weighted by Gasteiger charge is 2.33. The van der Waals surface area contributed by atoms with Gasteiger partial charge in [0.05, 0.1) is 17.7 Å². The van der Waals surface area contributed by atoms with E-state index in [4.69, 9.17) is 4.52 Å². The van der Waals surface area contributed by atoms with E-state index in [9.17, 15) is 0 Å². The topological polar surface area (TPSA) is 70.8 Å². The van der Waals surface area contributed by atoms with Crippen molar-refractivity contribution in [3.05, 3.63) is 65.3 Å². The van der Waals surface area contributed by atoms with Gasteiger partial charge in [-0.05, 0) is 18.6 Å². The highest BCUT2D eigenvalue weighted by atomic mass is 16.5. The number of H-pyrrole nitrogens is 1. The first-order valence-electron chi connectivity index (χ1n) is 7.39.